The lowest BCUT2D eigenvalue weighted by Crippen LogP contribution is -1.93. The standard InChI is InChI=1S/C12H20S/c1-3-11(2)6-4-7-12-8-5-9-13-10-12/h5,9-11H,3-4,6-8H2,1-2H3. The molecule has 0 N–H and O–H groups in total. The van der Waals surface area contributed by atoms with Crippen LogP contribution in [-0.4, -0.2) is 0 Å². The zero-order chi connectivity index (χ0) is 9.52. The minimum Gasteiger partial charge on any atom is -0.106 e. The van der Waals surface area contributed by atoms with Gasteiger partial charge >= 0.3 is 0 Å². The van der Waals surface area contributed by atoms with Crippen molar-refractivity contribution in [2.45, 2.75) is 46.0 Å². The zero-order valence-corrected chi connectivity index (χ0v) is 9.57. The summed E-state index contributed by atoms with van der Waals surface area (Å²) in [5.74, 6) is 0.910. The van der Waals surface area contributed by atoms with Crippen LogP contribution < -0.4 is 0 Å². The lowest BCUT2D eigenvalue weighted by molar-refractivity contribution is 0.494. The van der Waals surface area contributed by atoms with Crippen molar-refractivity contribution in [2.24, 2.45) is 5.92 Å². The lowest BCUT2D eigenvalue weighted by atomic mass is 9.99. The van der Waals surface area contributed by atoms with E-state index in [9.17, 15) is 0 Å². The molecule has 0 radical (unpaired) electrons. The molecule has 0 saturated carbocycles. The number of thioether (sulfide) groups is 1. The van der Waals surface area contributed by atoms with E-state index in [1.165, 1.54) is 32.1 Å². The molecule has 0 aromatic heterocycles. The second-order valence-electron chi connectivity index (χ2n) is 3.89. The van der Waals surface area contributed by atoms with Gasteiger partial charge in [-0.15, -0.1) is 11.8 Å². The molecule has 0 aliphatic carbocycles. The summed E-state index contributed by atoms with van der Waals surface area (Å²) in [6.07, 6.45) is 8.85. The van der Waals surface area contributed by atoms with Crippen molar-refractivity contribution < 1.29 is 0 Å². The molecule has 74 valence electrons. The largest absolute Gasteiger partial charge is 0.106 e. The Kier molecular flexibility index (Phi) is 5.29. The van der Waals surface area contributed by atoms with Gasteiger partial charge in [0.15, 0.2) is 0 Å². The second kappa shape index (κ2) is 6.31. The van der Waals surface area contributed by atoms with Crippen LogP contribution in [0.3, 0.4) is 0 Å². The maximum Gasteiger partial charge on any atom is -0.0122 e. The molecule has 0 fully saturated rings. The Labute approximate surface area is 86.5 Å². The van der Waals surface area contributed by atoms with Crippen LogP contribution >= 0.6 is 11.8 Å². The van der Waals surface area contributed by atoms with E-state index in [0.717, 1.165) is 5.92 Å². The van der Waals surface area contributed by atoms with Gasteiger partial charge in [0.1, 0.15) is 0 Å². The van der Waals surface area contributed by atoms with Gasteiger partial charge in [-0.2, -0.15) is 0 Å². The van der Waals surface area contributed by atoms with Gasteiger partial charge in [-0.25, -0.2) is 0 Å². The Morgan fingerprint density at radius 3 is 3.00 bits per heavy atom. The van der Waals surface area contributed by atoms with Crippen molar-refractivity contribution in [3.05, 3.63) is 22.5 Å². The Hall–Kier alpha value is -0.170. The summed E-state index contributed by atoms with van der Waals surface area (Å²) < 4.78 is 0. The molecule has 1 unspecified atom stereocenters. The molecule has 1 rings (SSSR count). The van der Waals surface area contributed by atoms with E-state index < -0.39 is 0 Å². The molecule has 1 heteroatoms. The number of hydrogen-bond acceptors (Lipinski definition) is 1. The average Bonchev–Trinajstić information content (AvgIpc) is 2.19. The van der Waals surface area contributed by atoms with E-state index >= 15 is 0 Å². The summed E-state index contributed by atoms with van der Waals surface area (Å²) in [5, 5.41) is 4.49. The van der Waals surface area contributed by atoms with Crippen LogP contribution in [0.2, 0.25) is 0 Å². The third-order valence-electron chi connectivity index (χ3n) is 2.68. The lowest BCUT2D eigenvalue weighted by Gasteiger charge is -2.10. The Morgan fingerprint density at radius 1 is 1.54 bits per heavy atom. The van der Waals surface area contributed by atoms with E-state index in [1.54, 1.807) is 5.57 Å². The summed E-state index contributed by atoms with van der Waals surface area (Å²) in [7, 11) is 0. The van der Waals surface area contributed by atoms with Crippen LogP contribution in [0.5, 0.6) is 0 Å². The third-order valence-corrected chi connectivity index (χ3v) is 3.50. The highest BCUT2D eigenvalue weighted by atomic mass is 32.2. The molecule has 1 aliphatic rings. The SMILES string of the molecule is CCC(C)CCCC1=CSC=CC1. The van der Waals surface area contributed by atoms with Crippen LogP contribution in [0, 0.1) is 5.92 Å². The van der Waals surface area contributed by atoms with Gasteiger partial charge in [-0.3, -0.25) is 0 Å². The summed E-state index contributed by atoms with van der Waals surface area (Å²) >= 11 is 1.83. The van der Waals surface area contributed by atoms with Crippen molar-refractivity contribution in [3.63, 3.8) is 0 Å². The molecule has 1 atom stereocenters. The van der Waals surface area contributed by atoms with Crippen LogP contribution in [-0.2, 0) is 0 Å². The molecular weight excluding hydrogens is 176 g/mol. The first-order valence-electron chi connectivity index (χ1n) is 5.31. The van der Waals surface area contributed by atoms with Gasteiger partial charge in [0.2, 0.25) is 0 Å². The molecule has 1 aliphatic heterocycles. The number of rotatable bonds is 5. The van der Waals surface area contributed by atoms with E-state index in [2.05, 4.69) is 30.7 Å². The Morgan fingerprint density at radius 2 is 2.38 bits per heavy atom. The van der Waals surface area contributed by atoms with Crippen molar-refractivity contribution in [1.29, 1.82) is 0 Å². The molecule has 13 heavy (non-hydrogen) atoms. The van der Waals surface area contributed by atoms with Gasteiger partial charge in [0, 0.05) is 0 Å². The molecular formula is C12H20S. The monoisotopic (exact) mass is 196 g/mol. The highest BCUT2D eigenvalue weighted by molar-refractivity contribution is 8.04. The molecule has 0 amide bonds. The molecule has 0 spiro atoms. The van der Waals surface area contributed by atoms with Gasteiger partial charge in [0.25, 0.3) is 0 Å². The number of allylic oxidation sites excluding steroid dienone is 2. The van der Waals surface area contributed by atoms with Gasteiger partial charge in [-0.1, -0.05) is 38.3 Å². The minimum absolute atomic E-state index is 0.910. The van der Waals surface area contributed by atoms with Gasteiger partial charge in [0.05, 0.1) is 0 Å². The van der Waals surface area contributed by atoms with Crippen molar-refractivity contribution in [3.8, 4) is 0 Å². The topological polar surface area (TPSA) is 0 Å². The highest BCUT2D eigenvalue weighted by Crippen LogP contribution is 2.24. The van der Waals surface area contributed by atoms with Crippen molar-refractivity contribution >= 4 is 11.8 Å². The Bertz CT molecular complexity index is 191. The quantitative estimate of drug-likeness (QED) is 0.612. The first-order valence-corrected chi connectivity index (χ1v) is 6.25. The first kappa shape index (κ1) is 10.9. The molecule has 0 aromatic carbocycles. The number of hydrogen-bond donors (Lipinski definition) is 0. The fourth-order valence-electron chi connectivity index (χ4n) is 1.48. The van der Waals surface area contributed by atoms with E-state index in [-0.39, 0.29) is 0 Å². The summed E-state index contributed by atoms with van der Waals surface area (Å²) in [6, 6.07) is 0. The molecule has 1 heterocycles. The van der Waals surface area contributed by atoms with Crippen LogP contribution in [0.25, 0.3) is 0 Å². The smallest absolute Gasteiger partial charge is 0.0122 e. The van der Waals surface area contributed by atoms with Crippen LogP contribution in [0.15, 0.2) is 22.5 Å². The van der Waals surface area contributed by atoms with Crippen LogP contribution in [0.4, 0.5) is 0 Å². The second-order valence-corrected chi connectivity index (χ2v) is 4.67. The zero-order valence-electron chi connectivity index (χ0n) is 8.75. The maximum atomic E-state index is 2.35. The highest BCUT2D eigenvalue weighted by Gasteiger charge is 2.02. The van der Waals surface area contributed by atoms with E-state index in [1.807, 2.05) is 11.8 Å². The van der Waals surface area contributed by atoms with E-state index in [4.69, 9.17) is 0 Å². The summed E-state index contributed by atoms with van der Waals surface area (Å²) in [4.78, 5) is 0. The fraction of sp³-hybridized carbons (Fsp3) is 0.667. The molecule has 0 aromatic rings. The summed E-state index contributed by atoms with van der Waals surface area (Å²) in [6.45, 7) is 4.63. The average molecular weight is 196 g/mol. The van der Waals surface area contributed by atoms with Crippen molar-refractivity contribution in [1.82, 2.24) is 0 Å². The van der Waals surface area contributed by atoms with Crippen LogP contribution in [0.1, 0.15) is 46.0 Å². The molecule has 0 bridgehead atoms. The van der Waals surface area contributed by atoms with Crippen molar-refractivity contribution in [2.75, 3.05) is 0 Å². The predicted molar refractivity (Wildman–Crippen MR) is 62.7 cm³/mol. The summed E-state index contributed by atoms with van der Waals surface area (Å²) in [5.41, 5.74) is 1.62. The first-order chi connectivity index (χ1) is 6.33. The Balaban J connectivity index is 2.08. The van der Waals surface area contributed by atoms with Gasteiger partial charge < -0.3 is 0 Å². The van der Waals surface area contributed by atoms with Gasteiger partial charge in [-0.05, 0) is 36.0 Å². The molecule has 0 saturated heterocycles. The predicted octanol–water partition coefficient (Wildman–Crippen LogP) is 4.74. The third kappa shape index (κ3) is 4.56. The normalized spacial score (nSPS) is 18.5. The molecule has 0 nitrogen and oxygen atoms in total. The minimum atomic E-state index is 0.910. The maximum absolute atomic E-state index is 2.35. The van der Waals surface area contributed by atoms with E-state index in [0.29, 0.717) is 0 Å². The fourth-order valence-corrected chi connectivity index (χ4v) is 2.17.